The van der Waals surface area contributed by atoms with Crippen LogP contribution >= 0.6 is 0 Å². The van der Waals surface area contributed by atoms with E-state index in [-0.39, 0.29) is 16.9 Å². The van der Waals surface area contributed by atoms with Gasteiger partial charge in [-0.15, -0.1) is 0 Å². The average Bonchev–Trinajstić information content (AvgIpc) is 2.37. The molecule has 0 fully saturated rings. The number of aliphatic hydroxyl groups excluding tert-OH is 1. The molecule has 4 nitrogen and oxygen atoms in total. The number of ketones is 2. The van der Waals surface area contributed by atoms with E-state index >= 15 is 0 Å². The number of rotatable bonds is 5. The predicted molar refractivity (Wildman–Crippen MR) is 72.5 cm³/mol. The van der Waals surface area contributed by atoms with Crippen molar-refractivity contribution in [2.45, 2.75) is 13.8 Å². The van der Waals surface area contributed by atoms with Crippen molar-refractivity contribution in [3.63, 3.8) is 0 Å². The molecule has 0 heterocycles. The van der Waals surface area contributed by atoms with Crippen molar-refractivity contribution in [1.82, 2.24) is 0 Å². The molecule has 1 aromatic rings. The first-order valence-electron chi connectivity index (χ1n) is 5.67. The Morgan fingerprint density at radius 2 is 1.68 bits per heavy atom. The molecule has 0 unspecified atom stereocenters. The number of Topliss-reactive ketones (excluding diaryl/α,β-unsaturated/α-hetero) is 2. The maximum atomic E-state index is 12.2. The molecule has 0 aromatic heterocycles. The molecule has 0 atom stereocenters. The van der Waals surface area contributed by atoms with Gasteiger partial charge in [-0.1, -0.05) is 6.58 Å². The predicted octanol–water partition coefficient (Wildman–Crippen LogP) is 2.86. The summed E-state index contributed by atoms with van der Waals surface area (Å²) in [6.45, 7) is 6.23. The Morgan fingerprint density at radius 3 is 2.05 bits per heavy atom. The van der Waals surface area contributed by atoms with Gasteiger partial charge < -0.3 is 9.84 Å². The summed E-state index contributed by atoms with van der Waals surface area (Å²) in [4.78, 5) is 23.6. The van der Waals surface area contributed by atoms with Crippen molar-refractivity contribution in [3.05, 3.63) is 53.3 Å². The number of hydrogen-bond acceptors (Lipinski definition) is 4. The van der Waals surface area contributed by atoms with Crippen LogP contribution in [-0.4, -0.2) is 23.8 Å². The number of ether oxygens (including phenoxy) is 1. The molecule has 0 aliphatic rings. The molecule has 0 aliphatic carbocycles. The third kappa shape index (κ3) is 3.31. The summed E-state index contributed by atoms with van der Waals surface area (Å²) in [7, 11) is 1.53. The number of allylic oxidation sites excluding steroid dienone is 3. The number of carbonyl (C=O) groups is 2. The topological polar surface area (TPSA) is 63.6 Å². The van der Waals surface area contributed by atoms with Crippen LogP contribution in [0.1, 0.15) is 24.2 Å². The smallest absolute Gasteiger partial charge is 0.193 e. The third-order valence-electron chi connectivity index (χ3n) is 2.64. The second kappa shape index (κ2) is 6.00. The molecule has 4 heteroatoms. The van der Waals surface area contributed by atoms with Crippen LogP contribution in [0, 0.1) is 0 Å². The van der Waals surface area contributed by atoms with E-state index in [9.17, 15) is 14.7 Å². The fourth-order valence-electron chi connectivity index (χ4n) is 1.72. The van der Waals surface area contributed by atoms with Gasteiger partial charge in [0.2, 0.25) is 0 Å². The van der Waals surface area contributed by atoms with Gasteiger partial charge in [0.1, 0.15) is 11.5 Å². The summed E-state index contributed by atoms with van der Waals surface area (Å²) < 4.78 is 5.00. The maximum Gasteiger partial charge on any atom is 0.193 e. The van der Waals surface area contributed by atoms with E-state index in [4.69, 9.17) is 4.74 Å². The fourth-order valence-corrected chi connectivity index (χ4v) is 1.72. The summed E-state index contributed by atoms with van der Waals surface area (Å²) in [6.07, 6.45) is 0. The number of aliphatic hydroxyl groups is 1. The van der Waals surface area contributed by atoms with Gasteiger partial charge in [0.05, 0.1) is 12.7 Å². The lowest BCUT2D eigenvalue weighted by Gasteiger charge is -2.08. The van der Waals surface area contributed by atoms with Crippen LogP contribution in [0.5, 0.6) is 5.75 Å². The van der Waals surface area contributed by atoms with Crippen molar-refractivity contribution in [1.29, 1.82) is 0 Å². The Hall–Kier alpha value is -2.36. The van der Waals surface area contributed by atoms with E-state index in [1.807, 2.05) is 0 Å². The molecular formula is C15H16O4. The first-order chi connectivity index (χ1) is 8.88. The second-order valence-electron chi connectivity index (χ2n) is 4.05. The van der Waals surface area contributed by atoms with Crippen LogP contribution in [0.15, 0.2) is 47.7 Å². The van der Waals surface area contributed by atoms with E-state index in [0.717, 1.165) is 0 Å². The van der Waals surface area contributed by atoms with Crippen LogP contribution in [0.4, 0.5) is 0 Å². The van der Waals surface area contributed by atoms with E-state index in [1.54, 1.807) is 24.3 Å². The number of benzene rings is 1. The molecule has 0 amide bonds. The molecule has 1 rings (SSSR count). The zero-order chi connectivity index (χ0) is 14.6. The van der Waals surface area contributed by atoms with Gasteiger partial charge in [-0.3, -0.25) is 9.59 Å². The average molecular weight is 260 g/mol. The quantitative estimate of drug-likeness (QED) is 0.382. The van der Waals surface area contributed by atoms with Gasteiger partial charge in [0.25, 0.3) is 0 Å². The summed E-state index contributed by atoms with van der Waals surface area (Å²) in [5.74, 6) is -0.379. The van der Waals surface area contributed by atoms with Crippen LogP contribution in [0.3, 0.4) is 0 Å². The highest BCUT2D eigenvalue weighted by atomic mass is 16.5. The summed E-state index contributed by atoms with van der Waals surface area (Å²) in [5.41, 5.74) is 0.323. The Labute approximate surface area is 112 Å². The second-order valence-corrected chi connectivity index (χ2v) is 4.05. The van der Waals surface area contributed by atoms with Gasteiger partial charge in [-0.2, -0.15) is 0 Å². The minimum absolute atomic E-state index is 0.0160. The minimum atomic E-state index is -0.402. The zero-order valence-corrected chi connectivity index (χ0v) is 11.2. The van der Waals surface area contributed by atoms with E-state index in [2.05, 4.69) is 6.58 Å². The Morgan fingerprint density at radius 1 is 1.16 bits per heavy atom. The van der Waals surface area contributed by atoms with Gasteiger partial charge in [0.15, 0.2) is 11.6 Å². The lowest BCUT2D eigenvalue weighted by molar-refractivity contribution is -0.113. The number of methoxy groups -OCH3 is 1. The van der Waals surface area contributed by atoms with Crippen molar-refractivity contribution < 1.29 is 19.4 Å². The normalized spacial score (nSPS) is 11.5. The highest BCUT2D eigenvalue weighted by Crippen LogP contribution is 2.20. The number of carbonyl (C=O) groups excluding carboxylic acids is 2. The van der Waals surface area contributed by atoms with Crippen molar-refractivity contribution in [2.75, 3.05) is 7.11 Å². The summed E-state index contributed by atoms with van der Waals surface area (Å²) in [6, 6.07) is 6.45. The largest absolute Gasteiger partial charge is 0.512 e. The first-order valence-corrected chi connectivity index (χ1v) is 5.67. The number of hydrogen-bond donors (Lipinski definition) is 1. The van der Waals surface area contributed by atoms with E-state index in [1.165, 1.54) is 21.0 Å². The molecule has 1 N–H and O–H groups in total. The zero-order valence-electron chi connectivity index (χ0n) is 11.2. The van der Waals surface area contributed by atoms with Crippen LogP contribution in [0.25, 0.3) is 0 Å². The van der Waals surface area contributed by atoms with Gasteiger partial charge in [-0.25, -0.2) is 0 Å². The Bertz CT molecular complexity index is 546. The van der Waals surface area contributed by atoms with Gasteiger partial charge >= 0.3 is 0 Å². The highest BCUT2D eigenvalue weighted by Gasteiger charge is 2.20. The fraction of sp³-hybridized carbons (Fsp3) is 0.200. The molecule has 1 aromatic carbocycles. The van der Waals surface area contributed by atoms with Crippen molar-refractivity contribution in [3.8, 4) is 5.75 Å². The maximum absolute atomic E-state index is 12.2. The van der Waals surface area contributed by atoms with E-state index < -0.39 is 11.6 Å². The third-order valence-corrected chi connectivity index (χ3v) is 2.64. The Kier molecular flexibility index (Phi) is 4.64. The molecule has 0 saturated carbocycles. The van der Waals surface area contributed by atoms with Crippen LogP contribution in [0.2, 0.25) is 0 Å². The van der Waals surface area contributed by atoms with E-state index in [0.29, 0.717) is 11.3 Å². The molecular weight excluding hydrogens is 244 g/mol. The molecule has 0 saturated heterocycles. The SMILES string of the molecule is C=C(C(=O)c1ccc(OC)cc1)/C(C(C)=O)=C(\C)O. The lowest BCUT2D eigenvalue weighted by atomic mass is 9.95. The molecule has 19 heavy (non-hydrogen) atoms. The van der Waals surface area contributed by atoms with Crippen molar-refractivity contribution >= 4 is 11.6 Å². The molecule has 0 radical (unpaired) electrons. The molecule has 0 bridgehead atoms. The Balaban J connectivity index is 3.09. The molecule has 0 aliphatic heterocycles. The monoisotopic (exact) mass is 260 g/mol. The molecule has 100 valence electrons. The van der Waals surface area contributed by atoms with Crippen LogP contribution in [-0.2, 0) is 4.79 Å². The highest BCUT2D eigenvalue weighted by molar-refractivity contribution is 6.18. The van der Waals surface area contributed by atoms with Crippen molar-refractivity contribution in [2.24, 2.45) is 0 Å². The van der Waals surface area contributed by atoms with Gasteiger partial charge in [0, 0.05) is 11.1 Å². The lowest BCUT2D eigenvalue weighted by Crippen LogP contribution is -2.11. The standard InChI is InChI=1S/C15H16O4/c1-9(14(10(2)16)11(3)17)15(18)12-5-7-13(19-4)8-6-12/h5-8,16H,1H2,2-4H3/b14-10-. The van der Waals surface area contributed by atoms with Crippen LogP contribution < -0.4 is 4.74 Å². The first kappa shape index (κ1) is 14.7. The summed E-state index contributed by atoms with van der Waals surface area (Å²) >= 11 is 0. The minimum Gasteiger partial charge on any atom is -0.512 e. The molecule has 0 spiro atoms. The van der Waals surface area contributed by atoms with Gasteiger partial charge in [-0.05, 0) is 38.1 Å². The summed E-state index contributed by atoms with van der Waals surface area (Å²) in [5, 5.41) is 9.46.